The Bertz CT molecular complexity index is 590. The summed E-state index contributed by atoms with van der Waals surface area (Å²) >= 11 is 6.99. The number of carbonyl (C=O) groups is 3. The molecule has 0 aromatic heterocycles. The molecule has 0 aliphatic carbocycles. The van der Waals surface area contributed by atoms with Crippen molar-refractivity contribution >= 4 is 46.0 Å². The van der Waals surface area contributed by atoms with Gasteiger partial charge in [-0.05, 0) is 12.1 Å². The van der Waals surface area contributed by atoms with E-state index in [4.69, 9.17) is 11.6 Å². The van der Waals surface area contributed by atoms with Crippen molar-refractivity contribution in [3.05, 3.63) is 28.8 Å². The summed E-state index contributed by atoms with van der Waals surface area (Å²) in [4.78, 5) is 35.8. The first-order chi connectivity index (χ1) is 9.40. The largest absolute Gasteiger partial charge is 0.478 e. The van der Waals surface area contributed by atoms with E-state index < -0.39 is 5.97 Å². The second kappa shape index (κ2) is 5.85. The van der Waals surface area contributed by atoms with E-state index in [0.29, 0.717) is 6.54 Å². The Morgan fingerprint density at radius 1 is 1.45 bits per heavy atom. The SMILES string of the molecule is CC(=O)SC1CC(=O)N(c2cccc(Cl)c2C(=O)O)C1. The van der Waals surface area contributed by atoms with Gasteiger partial charge in [-0.15, -0.1) is 0 Å². The molecule has 1 N–H and O–H groups in total. The average molecular weight is 314 g/mol. The monoisotopic (exact) mass is 313 g/mol. The van der Waals surface area contributed by atoms with Crippen LogP contribution in [0.4, 0.5) is 5.69 Å². The highest BCUT2D eigenvalue weighted by Gasteiger charge is 2.34. The molecule has 1 unspecified atom stereocenters. The normalized spacial score (nSPS) is 18.4. The van der Waals surface area contributed by atoms with Gasteiger partial charge in [0.1, 0.15) is 5.56 Å². The average Bonchev–Trinajstić information content (AvgIpc) is 2.68. The summed E-state index contributed by atoms with van der Waals surface area (Å²) in [5.41, 5.74) is 0.192. The first-order valence-electron chi connectivity index (χ1n) is 5.89. The van der Waals surface area contributed by atoms with Crippen LogP contribution in [0.5, 0.6) is 0 Å². The molecule has 7 heteroatoms. The topological polar surface area (TPSA) is 74.7 Å². The first-order valence-corrected chi connectivity index (χ1v) is 7.15. The molecule has 0 radical (unpaired) electrons. The maximum Gasteiger partial charge on any atom is 0.339 e. The number of hydrogen-bond donors (Lipinski definition) is 1. The lowest BCUT2D eigenvalue weighted by Gasteiger charge is -2.19. The van der Waals surface area contributed by atoms with Gasteiger partial charge in [-0.2, -0.15) is 0 Å². The van der Waals surface area contributed by atoms with Crippen molar-refractivity contribution < 1.29 is 19.5 Å². The predicted molar refractivity (Wildman–Crippen MR) is 77.4 cm³/mol. The summed E-state index contributed by atoms with van der Waals surface area (Å²) in [5.74, 6) is -1.38. The lowest BCUT2D eigenvalue weighted by molar-refractivity contribution is -0.117. The minimum absolute atomic E-state index is 0.0609. The molecule has 1 aliphatic heterocycles. The minimum Gasteiger partial charge on any atom is -0.478 e. The Morgan fingerprint density at radius 3 is 2.75 bits per heavy atom. The molecule has 20 heavy (non-hydrogen) atoms. The van der Waals surface area contributed by atoms with Gasteiger partial charge in [-0.25, -0.2) is 4.79 Å². The Balaban J connectivity index is 2.33. The minimum atomic E-state index is -1.18. The zero-order chi connectivity index (χ0) is 14.9. The van der Waals surface area contributed by atoms with E-state index in [2.05, 4.69) is 0 Å². The van der Waals surface area contributed by atoms with Crippen molar-refractivity contribution in [1.29, 1.82) is 0 Å². The van der Waals surface area contributed by atoms with Crippen molar-refractivity contribution in [2.75, 3.05) is 11.4 Å². The van der Waals surface area contributed by atoms with Gasteiger partial charge >= 0.3 is 5.97 Å². The van der Waals surface area contributed by atoms with Gasteiger partial charge in [0.25, 0.3) is 0 Å². The standard InChI is InChI=1S/C13H12ClNO4S/c1-7(16)20-8-5-11(17)15(6-8)10-4-2-3-9(14)12(10)13(18)19/h2-4,8H,5-6H2,1H3,(H,18,19). The number of halogens is 1. The van der Waals surface area contributed by atoms with Crippen LogP contribution in [-0.2, 0) is 9.59 Å². The Kier molecular flexibility index (Phi) is 4.35. The van der Waals surface area contributed by atoms with E-state index >= 15 is 0 Å². The number of benzene rings is 1. The number of nitrogens with zero attached hydrogens (tertiary/aromatic N) is 1. The fraction of sp³-hybridized carbons (Fsp3) is 0.308. The van der Waals surface area contributed by atoms with E-state index in [9.17, 15) is 19.5 Å². The molecule has 106 valence electrons. The number of hydrogen-bond acceptors (Lipinski definition) is 4. The summed E-state index contributed by atoms with van der Waals surface area (Å²) in [6, 6.07) is 4.62. The number of rotatable bonds is 3. The van der Waals surface area contributed by atoms with Crippen molar-refractivity contribution in [2.24, 2.45) is 0 Å². The van der Waals surface area contributed by atoms with Crippen molar-refractivity contribution in [1.82, 2.24) is 0 Å². The summed E-state index contributed by atoms with van der Waals surface area (Å²) in [6.45, 7) is 1.75. The Morgan fingerprint density at radius 2 is 2.15 bits per heavy atom. The molecule has 0 spiro atoms. The van der Waals surface area contributed by atoms with Gasteiger partial charge < -0.3 is 10.0 Å². The van der Waals surface area contributed by atoms with E-state index in [0.717, 1.165) is 11.8 Å². The van der Waals surface area contributed by atoms with E-state index in [1.807, 2.05) is 0 Å². The van der Waals surface area contributed by atoms with Crippen LogP contribution in [0.25, 0.3) is 0 Å². The quantitative estimate of drug-likeness (QED) is 0.927. The molecule has 0 saturated carbocycles. The molecule has 1 aromatic carbocycles. The maximum atomic E-state index is 12.0. The number of aromatic carboxylic acids is 1. The molecular weight excluding hydrogens is 302 g/mol. The zero-order valence-electron chi connectivity index (χ0n) is 10.6. The fourth-order valence-electron chi connectivity index (χ4n) is 2.17. The molecule has 0 bridgehead atoms. The van der Waals surface area contributed by atoms with Crippen LogP contribution in [0, 0.1) is 0 Å². The van der Waals surface area contributed by atoms with Crippen LogP contribution in [0.3, 0.4) is 0 Å². The highest BCUT2D eigenvalue weighted by Crippen LogP contribution is 2.33. The number of amides is 1. The predicted octanol–water partition coefficient (Wildman–Crippen LogP) is 2.42. The molecule has 2 rings (SSSR count). The van der Waals surface area contributed by atoms with Crippen LogP contribution in [0.15, 0.2) is 18.2 Å². The molecule has 5 nitrogen and oxygen atoms in total. The van der Waals surface area contributed by atoms with Crippen LogP contribution >= 0.6 is 23.4 Å². The second-order valence-electron chi connectivity index (χ2n) is 4.38. The third-order valence-electron chi connectivity index (χ3n) is 2.92. The van der Waals surface area contributed by atoms with Gasteiger partial charge in [0.05, 0.1) is 10.7 Å². The van der Waals surface area contributed by atoms with Crippen molar-refractivity contribution in [3.8, 4) is 0 Å². The lowest BCUT2D eigenvalue weighted by atomic mass is 10.1. The molecular formula is C13H12ClNO4S. The highest BCUT2D eigenvalue weighted by atomic mass is 35.5. The van der Waals surface area contributed by atoms with E-state index in [-0.39, 0.29) is 39.0 Å². The van der Waals surface area contributed by atoms with Crippen molar-refractivity contribution in [2.45, 2.75) is 18.6 Å². The third kappa shape index (κ3) is 2.96. The first kappa shape index (κ1) is 14.9. The molecule has 1 aromatic rings. The number of anilines is 1. The van der Waals surface area contributed by atoms with Crippen LogP contribution in [-0.4, -0.2) is 33.9 Å². The maximum absolute atomic E-state index is 12.0. The number of carboxylic acids is 1. The zero-order valence-corrected chi connectivity index (χ0v) is 12.2. The molecule has 1 fully saturated rings. The van der Waals surface area contributed by atoms with Crippen LogP contribution in [0.2, 0.25) is 5.02 Å². The van der Waals surface area contributed by atoms with Gasteiger partial charge in [0.2, 0.25) is 5.91 Å². The lowest BCUT2D eigenvalue weighted by Crippen LogP contribution is -2.27. The number of carbonyl (C=O) groups excluding carboxylic acids is 2. The summed E-state index contributed by atoms with van der Waals surface area (Å²) in [5, 5.41) is 9.10. The number of carboxylic acid groups (broad SMARTS) is 1. The van der Waals surface area contributed by atoms with Gasteiger partial charge in [-0.1, -0.05) is 29.4 Å². The Labute approximate surface area is 124 Å². The molecule has 1 saturated heterocycles. The summed E-state index contributed by atoms with van der Waals surface area (Å²) < 4.78 is 0. The fourth-order valence-corrected chi connectivity index (χ4v) is 3.34. The number of thioether (sulfide) groups is 1. The van der Waals surface area contributed by atoms with E-state index in [1.54, 1.807) is 12.1 Å². The smallest absolute Gasteiger partial charge is 0.339 e. The van der Waals surface area contributed by atoms with Crippen LogP contribution < -0.4 is 4.90 Å². The summed E-state index contributed by atoms with van der Waals surface area (Å²) in [6.07, 6.45) is 0.218. The molecule has 1 atom stereocenters. The van der Waals surface area contributed by atoms with Crippen molar-refractivity contribution in [3.63, 3.8) is 0 Å². The Hall–Kier alpha value is -1.53. The van der Waals surface area contributed by atoms with E-state index in [1.165, 1.54) is 17.9 Å². The molecule has 1 aliphatic rings. The van der Waals surface area contributed by atoms with Gasteiger partial charge in [0.15, 0.2) is 5.12 Å². The third-order valence-corrected chi connectivity index (χ3v) is 4.21. The van der Waals surface area contributed by atoms with Gasteiger partial charge in [-0.3, -0.25) is 9.59 Å². The van der Waals surface area contributed by atoms with Crippen LogP contribution in [0.1, 0.15) is 23.7 Å². The highest BCUT2D eigenvalue weighted by molar-refractivity contribution is 8.14. The second-order valence-corrected chi connectivity index (χ2v) is 6.26. The summed E-state index contributed by atoms with van der Waals surface area (Å²) in [7, 11) is 0. The molecule has 1 heterocycles. The molecule has 1 amide bonds. The van der Waals surface area contributed by atoms with Gasteiger partial charge in [0, 0.05) is 25.1 Å².